The molecule has 38 heavy (non-hydrogen) atoms. The van der Waals surface area contributed by atoms with Crippen molar-refractivity contribution >= 4 is 43.5 Å². The van der Waals surface area contributed by atoms with Crippen molar-refractivity contribution in [1.82, 2.24) is 0 Å². The Hall–Kier alpha value is -3.48. The highest BCUT2D eigenvalue weighted by atomic mass is 32.2. The highest BCUT2D eigenvalue weighted by Crippen LogP contribution is 2.32. The van der Waals surface area contributed by atoms with Gasteiger partial charge in [-0.2, -0.15) is 16.8 Å². The molecule has 12 heteroatoms. The fourth-order valence-corrected chi connectivity index (χ4v) is 5.20. The Morgan fingerprint density at radius 1 is 0.842 bits per heavy atom. The van der Waals surface area contributed by atoms with Crippen LogP contribution in [0.15, 0.2) is 77.7 Å². The fourth-order valence-electron chi connectivity index (χ4n) is 3.42. The summed E-state index contributed by atoms with van der Waals surface area (Å²) in [6.45, 7) is 1.46. The van der Waals surface area contributed by atoms with E-state index in [1.54, 1.807) is 48.5 Å². The Morgan fingerprint density at radius 2 is 1.39 bits per heavy atom. The number of hydrogen-bond acceptors (Lipinski definition) is 9. The summed E-state index contributed by atoms with van der Waals surface area (Å²) < 4.78 is 61.9. The number of benzene rings is 3. The van der Waals surface area contributed by atoms with E-state index in [-0.39, 0.29) is 11.5 Å². The number of carboxylic acid groups (broad SMARTS) is 1. The molecule has 0 bridgehead atoms. The number of rotatable bonds is 12. The third-order valence-corrected chi connectivity index (χ3v) is 6.91. The lowest BCUT2D eigenvalue weighted by atomic mass is 9.97. The van der Waals surface area contributed by atoms with Gasteiger partial charge in [0.15, 0.2) is 6.61 Å². The smallest absolute Gasteiger partial charge is 0.341 e. The van der Waals surface area contributed by atoms with Crippen LogP contribution in [-0.4, -0.2) is 52.8 Å². The van der Waals surface area contributed by atoms with Gasteiger partial charge in [0.25, 0.3) is 0 Å². The Kier molecular flexibility index (Phi) is 9.47. The van der Waals surface area contributed by atoms with Gasteiger partial charge in [0, 0.05) is 10.6 Å². The van der Waals surface area contributed by atoms with Crippen molar-refractivity contribution < 1.29 is 39.8 Å². The van der Waals surface area contributed by atoms with Gasteiger partial charge < -0.3 is 18.2 Å². The first-order valence-electron chi connectivity index (χ1n) is 11.1. The molecule has 0 radical (unpaired) electrons. The van der Waals surface area contributed by atoms with Crippen LogP contribution in [-0.2, 0) is 25.0 Å². The molecule has 9 nitrogen and oxygen atoms in total. The second kappa shape index (κ2) is 12.4. The van der Waals surface area contributed by atoms with Crippen LogP contribution in [0.3, 0.4) is 0 Å². The van der Waals surface area contributed by atoms with Crippen LogP contribution in [0.5, 0.6) is 17.2 Å². The molecule has 0 fully saturated rings. The van der Waals surface area contributed by atoms with E-state index in [1.807, 2.05) is 19.1 Å². The van der Waals surface area contributed by atoms with Gasteiger partial charge in [0.05, 0.1) is 12.5 Å². The van der Waals surface area contributed by atoms with E-state index in [1.165, 1.54) is 23.9 Å². The van der Waals surface area contributed by atoms with Gasteiger partial charge in [0.2, 0.25) is 0 Å². The fraction of sp³-hybridized carbons (Fsp3) is 0.192. The molecule has 0 heterocycles. The van der Waals surface area contributed by atoms with Crippen LogP contribution in [0.2, 0.25) is 0 Å². The summed E-state index contributed by atoms with van der Waals surface area (Å²) in [5, 5.41) is 8.79. The van der Waals surface area contributed by atoms with E-state index < -0.39 is 32.8 Å². The van der Waals surface area contributed by atoms with E-state index in [9.17, 15) is 21.6 Å². The largest absolute Gasteiger partial charge is 0.482 e. The van der Waals surface area contributed by atoms with Crippen molar-refractivity contribution in [3.63, 3.8) is 0 Å². The summed E-state index contributed by atoms with van der Waals surface area (Å²) in [7, 11) is -7.47. The molecule has 3 aromatic rings. The normalized spacial score (nSPS) is 11.4. The minimum atomic E-state index is -3.73. The van der Waals surface area contributed by atoms with Gasteiger partial charge in [-0.05, 0) is 71.7 Å². The van der Waals surface area contributed by atoms with E-state index in [0.717, 1.165) is 23.0 Å². The number of thioether (sulfide) groups is 1. The molecule has 202 valence electrons. The second-order valence-electron chi connectivity index (χ2n) is 8.17. The van der Waals surface area contributed by atoms with Crippen molar-refractivity contribution in [2.45, 2.75) is 11.8 Å². The number of ether oxygens (including phenoxy) is 1. The van der Waals surface area contributed by atoms with Crippen molar-refractivity contribution in [2.75, 3.05) is 24.9 Å². The maximum absolute atomic E-state index is 11.6. The van der Waals surface area contributed by atoms with Gasteiger partial charge >= 0.3 is 26.2 Å². The highest BCUT2D eigenvalue weighted by molar-refractivity contribution is 7.99. The predicted molar refractivity (Wildman–Crippen MR) is 146 cm³/mol. The molecule has 3 aromatic carbocycles. The summed E-state index contributed by atoms with van der Waals surface area (Å²) in [5.74, 6) is 0.172. The molecule has 0 saturated carbocycles. The average molecular weight is 579 g/mol. The van der Waals surface area contributed by atoms with Gasteiger partial charge in [-0.15, -0.1) is 11.8 Å². The van der Waals surface area contributed by atoms with Crippen LogP contribution in [0.25, 0.3) is 5.57 Å². The molecule has 0 spiro atoms. The molecule has 0 atom stereocenters. The summed E-state index contributed by atoms with van der Waals surface area (Å²) in [6.07, 6.45) is 3.84. The van der Waals surface area contributed by atoms with Crippen LogP contribution in [0.1, 0.15) is 16.7 Å². The van der Waals surface area contributed by atoms with Crippen LogP contribution in [0, 0.1) is 6.92 Å². The van der Waals surface area contributed by atoms with Gasteiger partial charge in [-0.25, -0.2) is 4.79 Å². The Morgan fingerprint density at radius 3 is 1.87 bits per heavy atom. The SMILES string of the molecule is Cc1cc(OCC(=O)O)ccc1SCC=C(c1cccc(OS(C)(=O)=O)c1)c1cccc(OS(C)(=O)=O)c1. The molecule has 0 amide bonds. The number of hydrogen-bond donors (Lipinski definition) is 1. The number of carboxylic acids is 1. The van der Waals surface area contributed by atoms with Crippen molar-refractivity contribution in [1.29, 1.82) is 0 Å². The lowest BCUT2D eigenvalue weighted by molar-refractivity contribution is -0.139. The summed E-state index contributed by atoms with van der Waals surface area (Å²) >= 11 is 1.52. The monoisotopic (exact) mass is 578 g/mol. The number of carbonyl (C=O) groups is 1. The van der Waals surface area contributed by atoms with Gasteiger partial charge in [-0.1, -0.05) is 30.3 Å². The predicted octanol–water partition coefficient (Wildman–Crippen LogP) is 4.36. The first-order valence-corrected chi connectivity index (χ1v) is 15.7. The summed E-state index contributed by atoms with van der Waals surface area (Å²) in [6, 6.07) is 18.4. The minimum Gasteiger partial charge on any atom is -0.482 e. The third kappa shape index (κ3) is 9.43. The lowest BCUT2D eigenvalue weighted by Crippen LogP contribution is -2.09. The Labute approximate surface area is 226 Å². The molecule has 0 unspecified atom stereocenters. The quantitative estimate of drug-likeness (QED) is 0.244. The first kappa shape index (κ1) is 29.1. The average Bonchev–Trinajstić information content (AvgIpc) is 2.79. The van der Waals surface area contributed by atoms with E-state index in [2.05, 4.69) is 0 Å². The Bertz CT molecular complexity index is 1480. The van der Waals surface area contributed by atoms with E-state index >= 15 is 0 Å². The molecule has 0 aliphatic rings. The van der Waals surface area contributed by atoms with E-state index in [0.29, 0.717) is 28.2 Å². The zero-order valence-corrected chi connectivity index (χ0v) is 23.2. The maximum atomic E-state index is 11.6. The second-order valence-corrected chi connectivity index (χ2v) is 12.4. The van der Waals surface area contributed by atoms with Crippen molar-refractivity contribution in [3.8, 4) is 17.2 Å². The molecular weight excluding hydrogens is 552 g/mol. The first-order chi connectivity index (χ1) is 17.8. The van der Waals surface area contributed by atoms with Gasteiger partial charge in [0.1, 0.15) is 17.2 Å². The number of aryl methyl sites for hydroxylation is 1. The summed E-state index contributed by atoms with van der Waals surface area (Å²) in [5.41, 5.74) is 2.91. The molecule has 0 aliphatic heterocycles. The maximum Gasteiger partial charge on any atom is 0.341 e. The molecule has 0 aliphatic carbocycles. The molecular formula is C26H26O9S3. The van der Waals surface area contributed by atoms with Crippen molar-refractivity contribution in [2.24, 2.45) is 0 Å². The lowest BCUT2D eigenvalue weighted by Gasteiger charge is -2.13. The zero-order valence-electron chi connectivity index (χ0n) is 20.8. The number of aliphatic carboxylic acids is 1. The molecule has 0 saturated heterocycles. The standard InChI is InChI=1S/C26H26O9S3/c1-18-14-21(33-17-26(27)28)10-11-25(18)36-13-12-24(19-6-4-8-22(15-19)34-37(2,29)30)20-7-5-9-23(16-20)35-38(3,31)32/h4-12,14-16H,13,17H2,1-3H3,(H,27,28). The summed E-state index contributed by atoms with van der Waals surface area (Å²) in [4.78, 5) is 11.7. The minimum absolute atomic E-state index is 0.139. The molecule has 1 N–H and O–H groups in total. The Balaban J connectivity index is 1.93. The van der Waals surface area contributed by atoms with Crippen molar-refractivity contribution in [3.05, 3.63) is 89.5 Å². The topological polar surface area (TPSA) is 133 Å². The van der Waals surface area contributed by atoms with Crippen LogP contribution in [0.4, 0.5) is 0 Å². The van der Waals surface area contributed by atoms with Crippen LogP contribution >= 0.6 is 11.8 Å². The van der Waals surface area contributed by atoms with E-state index in [4.69, 9.17) is 18.2 Å². The third-order valence-electron chi connectivity index (χ3n) is 4.82. The van der Waals surface area contributed by atoms with Crippen LogP contribution < -0.4 is 13.1 Å². The zero-order chi connectivity index (χ0) is 27.9. The highest BCUT2D eigenvalue weighted by Gasteiger charge is 2.12. The molecule has 0 aromatic heterocycles. The molecule has 3 rings (SSSR count). The van der Waals surface area contributed by atoms with Gasteiger partial charge in [-0.3, -0.25) is 0 Å².